The molecular weight excluding hydrogens is 484 g/mol. The Labute approximate surface area is 222 Å². The third-order valence-electron chi connectivity index (χ3n) is 6.31. The standard InChI is InChI=1S/C30H32N2O6/c1-18(2)38-23-14-9-20(10-15-23)28(33)26-27(19-7-11-21(12-8-19)31(3)4)32(30(35)29(26)34)22-13-16-24(36-5)25(17-22)37-6/h7-18,27,33H,1-6H3/b28-26+. The lowest BCUT2D eigenvalue weighted by molar-refractivity contribution is -0.132. The lowest BCUT2D eigenvalue weighted by Gasteiger charge is -2.26. The van der Waals surface area contributed by atoms with E-state index >= 15 is 0 Å². The van der Waals surface area contributed by atoms with Gasteiger partial charge in [-0.1, -0.05) is 12.1 Å². The van der Waals surface area contributed by atoms with E-state index in [0.717, 1.165) is 5.69 Å². The predicted molar refractivity (Wildman–Crippen MR) is 147 cm³/mol. The number of ketones is 1. The van der Waals surface area contributed by atoms with Gasteiger partial charge in [0.2, 0.25) is 0 Å². The van der Waals surface area contributed by atoms with Gasteiger partial charge in [-0.3, -0.25) is 14.5 Å². The van der Waals surface area contributed by atoms with E-state index in [1.54, 1.807) is 42.5 Å². The highest BCUT2D eigenvalue weighted by Crippen LogP contribution is 2.44. The number of carbonyl (C=O) groups is 2. The number of methoxy groups -OCH3 is 2. The maximum Gasteiger partial charge on any atom is 0.300 e. The first-order chi connectivity index (χ1) is 18.2. The number of anilines is 2. The van der Waals surface area contributed by atoms with Crippen LogP contribution in [0.2, 0.25) is 0 Å². The molecule has 1 heterocycles. The summed E-state index contributed by atoms with van der Waals surface area (Å²) in [6, 6.07) is 18.4. The third-order valence-corrected chi connectivity index (χ3v) is 6.31. The van der Waals surface area contributed by atoms with Gasteiger partial charge in [0, 0.05) is 37.1 Å². The molecule has 1 fully saturated rings. The molecule has 38 heavy (non-hydrogen) atoms. The Bertz CT molecular complexity index is 1360. The summed E-state index contributed by atoms with van der Waals surface area (Å²) in [5.74, 6) is -0.248. The molecule has 3 aromatic rings. The van der Waals surface area contributed by atoms with Crippen LogP contribution in [0.1, 0.15) is 31.0 Å². The van der Waals surface area contributed by atoms with Crippen molar-refractivity contribution < 1.29 is 28.9 Å². The molecule has 4 rings (SSSR count). The summed E-state index contributed by atoms with van der Waals surface area (Å²) >= 11 is 0. The number of Topliss-reactive ketones (excluding diaryl/α,β-unsaturated/α-hetero) is 1. The van der Waals surface area contributed by atoms with E-state index in [9.17, 15) is 14.7 Å². The van der Waals surface area contributed by atoms with Crippen molar-refractivity contribution in [2.24, 2.45) is 0 Å². The molecule has 1 unspecified atom stereocenters. The van der Waals surface area contributed by atoms with Crippen LogP contribution in [0.25, 0.3) is 5.76 Å². The molecule has 8 nitrogen and oxygen atoms in total. The van der Waals surface area contributed by atoms with Crippen LogP contribution in [-0.2, 0) is 9.59 Å². The fraction of sp³-hybridized carbons (Fsp3) is 0.267. The zero-order valence-electron chi connectivity index (χ0n) is 22.4. The Morgan fingerprint density at radius 2 is 1.53 bits per heavy atom. The first kappa shape index (κ1) is 26.6. The van der Waals surface area contributed by atoms with E-state index in [1.807, 2.05) is 57.1 Å². The van der Waals surface area contributed by atoms with Crippen molar-refractivity contribution in [1.29, 1.82) is 0 Å². The van der Waals surface area contributed by atoms with Gasteiger partial charge in [-0.2, -0.15) is 0 Å². The van der Waals surface area contributed by atoms with Crippen LogP contribution in [0, 0.1) is 0 Å². The van der Waals surface area contributed by atoms with Gasteiger partial charge in [0.05, 0.1) is 31.9 Å². The summed E-state index contributed by atoms with van der Waals surface area (Å²) in [6.07, 6.45) is -0.00797. The van der Waals surface area contributed by atoms with E-state index in [2.05, 4.69) is 0 Å². The second-order valence-corrected chi connectivity index (χ2v) is 9.39. The first-order valence-electron chi connectivity index (χ1n) is 12.2. The summed E-state index contributed by atoms with van der Waals surface area (Å²) in [5, 5.41) is 11.4. The number of aliphatic hydroxyl groups is 1. The average molecular weight is 517 g/mol. The average Bonchev–Trinajstić information content (AvgIpc) is 3.18. The van der Waals surface area contributed by atoms with Gasteiger partial charge in [-0.15, -0.1) is 0 Å². The van der Waals surface area contributed by atoms with Crippen molar-refractivity contribution in [1.82, 2.24) is 0 Å². The van der Waals surface area contributed by atoms with E-state index < -0.39 is 17.7 Å². The smallest absolute Gasteiger partial charge is 0.300 e. The number of hydrogen-bond donors (Lipinski definition) is 1. The zero-order chi connectivity index (χ0) is 27.6. The number of amides is 1. The summed E-state index contributed by atoms with van der Waals surface area (Å²) < 4.78 is 16.5. The number of carbonyl (C=O) groups excluding carboxylic acids is 2. The molecule has 0 radical (unpaired) electrons. The topological polar surface area (TPSA) is 88.5 Å². The minimum absolute atomic E-state index is 0.0000779. The van der Waals surface area contributed by atoms with Gasteiger partial charge < -0.3 is 24.2 Å². The van der Waals surface area contributed by atoms with Crippen molar-refractivity contribution in [3.05, 3.63) is 83.4 Å². The molecule has 1 N–H and O–H groups in total. The van der Waals surface area contributed by atoms with Crippen molar-refractivity contribution in [3.8, 4) is 17.2 Å². The van der Waals surface area contributed by atoms with Crippen LogP contribution in [0.3, 0.4) is 0 Å². The zero-order valence-corrected chi connectivity index (χ0v) is 22.4. The molecule has 8 heteroatoms. The van der Waals surface area contributed by atoms with Crippen molar-refractivity contribution in [2.45, 2.75) is 26.0 Å². The molecule has 0 bridgehead atoms. The van der Waals surface area contributed by atoms with Gasteiger partial charge >= 0.3 is 0 Å². The number of ether oxygens (including phenoxy) is 3. The monoisotopic (exact) mass is 516 g/mol. The Morgan fingerprint density at radius 3 is 2.08 bits per heavy atom. The Kier molecular flexibility index (Phi) is 7.62. The Morgan fingerprint density at radius 1 is 0.895 bits per heavy atom. The SMILES string of the molecule is COc1ccc(N2C(=O)C(=O)/C(=C(/O)c3ccc(OC(C)C)cc3)C2c2ccc(N(C)C)cc2)cc1OC. The maximum atomic E-state index is 13.5. The maximum absolute atomic E-state index is 13.5. The Hall–Kier alpha value is -4.46. The number of hydrogen-bond acceptors (Lipinski definition) is 7. The Balaban J connectivity index is 1.88. The van der Waals surface area contributed by atoms with Crippen LogP contribution in [0.4, 0.5) is 11.4 Å². The minimum Gasteiger partial charge on any atom is -0.507 e. The van der Waals surface area contributed by atoms with Crippen LogP contribution >= 0.6 is 0 Å². The summed E-state index contributed by atoms with van der Waals surface area (Å²) in [4.78, 5) is 30.3. The summed E-state index contributed by atoms with van der Waals surface area (Å²) in [7, 11) is 6.88. The molecule has 0 aliphatic carbocycles. The highest BCUT2D eigenvalue weighted by molar-refractivity contribution is 6.51. The normalized spacial score (nSPS) is 16.6. The number of benzene rings is 3. The van der Waals surface area contributed by atoms with Crippen molar-refractivity contribution >= 4 is 28.8 Å². The summed E-state index contributed by atoms with van der Waals surface area (Å²) in [5.41, 5.74) is 2.47. The lowest BCUT2D eigenvalue weighted by atomic mass is 9.95. The van der Waals surface area contributed by atoms with Crippen molar-refractivity contribution in [3.63, 3.8) is 0 Å². The van der Waals surface area contributed by atoms with Gasteiger partial charge in [0.1, 0.15) is 11.5 Å². The molecule has 1 atom stereocenters. The first-order valence-corrected chi connectivity index (χ1v) is 12.2. The second-order valence-electron chi connectivity index (χ2n) is 9.39. The molecule has 198 valence electrons. The quantitative estimate of drug-likeness (QED) is 0.251. The molecule has 3 aromatic carbocycles. The van der Waals surface area contributed by atoms with Crippen LogP contribution in [0.15, 0.2) is 72.3 Å². The number of aliphatic hydroxyl groups excluding tert-OH is 1. The van der Waals surface area contributed by atoms with Gasteiger partial charge in [-0.05, 0) is 67.9 Å². The van der Waals surface area contributed by atoms with Crippen LogP contribution < -0.4 is 24.0 Å². The molecule has 1 saturated heterocycles. The van der Waals surface area contributed by atoms with Crippen LogP contribution in [-0.4, -0.2) is 51.2 Å². The fourth-order valence-corrected chi connectivity index (χ4v) is 4.46. The summed E-state index contributed by atoms with van der Waals surface area (Å²) in [6.45, 7) is 3.84. The van der Waals surface area contributed by atoms with Crippen molar-refractivity contribution in [2.75, 3.05) is 38.1 Å². The fourth-order valence-electron chi connectivity index (χ4n) is 4.46. The molecule has 0 spiro atoms. The largest absolute Gasteiger partial charge is 0.507 e. The van der Waals surface area contributed by atoms with E-state index in [-0.39, 0.29) is 17.4 Å². The molecule has 0 aromatic heterocycles. The van der Waals surface area contributed by atoms with Crippen LogP contribution in [0.5, 0.6) is 17.2 Å². The number of nitrogens with zero attached hydrogens (tertiary/aromatic N) is 2. The van der Waals surface area contributed by atoms with E-state index in [4.69, 9.17) is 14.2 Å². The number of rotatable bonds is 8. The predicted octanol–water partition coefficient (Wildman–Crippen LogP) is 5.18. The highest BCUT2D eigenvalue weighted by atomic mass is 16.5. The highest BCUT2D eigenvalue weighted by Gasteiger charge is 2.47. The minimum atomic E-state index is -0.865. The van der Waals surface area contributed by atoms with E-state index in [0.29, 0.717) is 34.1 Å². The molecule has 1 aliphatic heterocycles. The van der Waals surface area contributed by atoms with Gasteiger partial charge in [-0.25, -0.2) is 0 Å². The molecule has 0 saturated carbocycles. The van der Waals surface area contributed by atoms with Gasteiger partial charge in [0.15, 0.2) is 11.5 Å². The third kappa shape index (κ3) is 5.02. The second kappa shape index (κ2) is 10.9. The molecule has 1 aliphatic rings. The lowest BCUT2D eigenvalue weighted by Crippen LogP contribution is -2.29. The molecular formula is C30H32N2O6. The van der Waals surface area contributed by atoms with Gasteiger partial charge in [0.25, 0.3) is 11.7 Å². The molecule has 1 amide bonds. The van der Waals surface area contributed by atoms with E-state index in [1.165, 1.54) is 19.1 Å².